The summed E-state index contributed by atoms with van der Waals surface area (Å²) in [5, 5.41) is 0. The molecule has 0 bridgehead atoms. The summed E-state index contributed by atoms with van der Waals surface area (Å²) >= 11 is 3.42. The van der Waals surface area contributed by atoms with E-state index in [1.54, 1.807) is 0 Å². The molecule has 0 unspecified atom stereocenters. The number of carbonyl (C=O) groups excluding carboxylic acids is 1. The molecule has 0 atom stereocenters. The fourth-order valence-corrected chi connectivity index (χ4v) is 3.04. The molecule has 0 aromatic heterocycles. The monoisotopic (exact) mass is 352 g/mol. The van der Waals surface area contributed by atoms with Crippen LogP contribution in [0.2, 0.25) is 0 Å². The first-order valence-electron chi connectivity index (χ1n) is 7.62. The number of hydrogen-bond acceptors (Lipinski definition) is 2. The molecule has 114 valence electrons. The molecule has 0 spiro atoms. The number of halogens is 1. The molecule has 2 saturated heterocycles. The average Bonchev–Trinajstić information content (AvgIpc) is 2.48. The van der Waals surface area contributed by atoms with Gasteiger partial charge in [0.1, 0.15) is 0 Å². The van der Waals surface area contributed by atoms with Gasteiger partial charge in [-0.25, -0.2) is 4.79 Å². The zero-order valence-corrected chi connectivity index (χ0v) is 13.7. The van der Waals surface area contributed by atoms with E-state index in [0.717, 1.165) is 43.5 Å². The molecule has 2 amide bonds. The van der Waals surface area contributed by atoms with Crippen LogP contribution in [0.3, 0.4) is 0 Å². The van der Waals surface area contributed by atoms with Gasteiger partial charge in [-0.3, -0.25) is 0 Å². The average molecular weight is 353 g/mol. The van der Waals surface area contributed by atoms with Gasteiger partial charge in [-0.15, -0.1) is 0 Å². The summed E-state index contributed by atoms with van der Waals surface area (Å²) < 4.78 is 6.92. The van der Waals surface area contributed by atoms with Crippen LogP contribution in [0.25, 0.3) is 0 Å². The number of benzene rings is 1. The number of carbonyl (C=O) groups is 1. The van der Waals surface area contributed by atoms with Crippen molar-refractivity contribution in [2.45, 2.75) is 32.0 Å². The number of ether oxygens (including phenoxy) is 1. The maximum absolute atomic E-state index is 12.2. The zero-order chi connectivity index (χ0) is 14.7. The lowest BCUT2D eigenvalue weighted by molar-refractivity contribution is -0.0500. The van der Waals surface area contributed by atoms with Crippen LogP contribution in [0.15, 0.2) is 28.7 Å². The van der Waals surface area contributed by atoms with Gasteiger partial charge in [0.05, 0.1) is 25.8 Å². The fraction of sp³-hybridized carbons (Fsp3) is 0.562. The molecular formula is C16H21BrN2O2. The molecule has 1 aromatic rings. The lowest BCUT2D eigenvalue weighted by Crippen LogP contribution is -2.59. The Labute approximate surface area is 134 Å². The second-order valence-electron chi connectivity index (χ2n) is 5.79. The molecule has 2 aliphatic heterocycles. The number of piperidine rings is 1. The largest absolute Gasteiger partial charge is 0.370 e. The summed E-state index contributed by atoms with van der Waals surface area (Å²) in [6.45, 7) is 3.90. The number of hydrogen-bond donors (Lipinski definition) is 0. The SMILES string of the molecule is O=C(N1CCCCC1)N1CC(OCc2ccc(Br)cc2)C1. The van der Waals surface area contributed by atoms with Crippen LogP contribution in [0.4, 0.5) is 4.79 Å². The summed E-state index contributed by atoms with van der Waals surface area (Å²) in [7, 11) is 0. The van der Waals surface area contributed by atoms with E-state index in [0.29, 0.717) is 6.61 Å². The standard InChI is InChI=1S/C16H21BrN2O2/c17-14-6-4-13(5-7-14)12-21-15-10-19(11-15)16(20)18-8-2-1-3-9-18/h4-7,15H,1-3,8-12H2. The Kier molecular flexibility index (Phi) is 4.80. The molecule has 2 heterocycles. The quantitative estimate of drug-likeness (QED) is 0.836. The molecule has 4 nitrogen and oxygen atoms in total. The van der Waals surface area contributed by atoms with Crippen LogP contribution < -0.4 is 0 Å². The molecule has 0 aliphatic carbocycles. The van der Waals surface area contributed by atoms with Gasteiger partial charge < -0.3 is 14.5 Å². The van der Waals surface area contributed by atoms with Gasteiger partial charge >= 0.3 is 6.03 Å². The summed E-state index contributed by atoms with van der Waals surface area (Å²) in [6.07, 6.45) is 3.72. The van der Waals surface area contributed by atoms with Crippen LogP contribution in [0.5, 0.6) is 0 Å². The van der Waals surface area contributed by atoms with Crippen molar-refractivity contribution in [2.24, 2.45) is 0 Å². The van der Waals surface area contributed by atoms with Gasteiger partial charge in [-0.1, -0.05) is 28.1 Å². The van der Waals surface area contributed by atoms with Crippen LogP contribution in [0, 0.1) is 0 Å². The van der Waals surface area contributed by atoms with E-state index < -0.39 is 0 Å². The molecular weight excluding hydrogens is 332 g/mol. The molecule has 0 saturated carbocycles. The number of urea groups is 1. The number of nitrogens with zero attached hydrogens (tertiary/aromatic N) is 2. The number of rotatable bonds is 3. The van der Waals surface area contributed by atoms with E-state index in [2.05, 4.69) is 28.1 Å². The molecule has 0 radical (unpaired) electrons. The van der Waals surface area contributed by atoms with Crippen molar-refractivity contribution < 1.29 is 9.53 Å². The third-order valence-corrected chi connectivity index (χ3v) is 4.67. The minimum atomic E-state index is 0.183. The van der Waals surface area contributed by atoms with Gasteiger partial charge in [0.25, 0.3) is 0 Å². The molecule has 5 heteroatoms. The molecule has 21 heavy (non-hydrogen) atoms. The highest BCUT2D eigenvalue weighted by atomic mass is 79.9. The smallest absolute Gasteiger partial charge is 0.320 e. The lowest BCUT2D eigenvalue weighted by atomic mass is 10.1. The second-order valence-corrected chi connectivity index (χ2v) is 6.71. The molecule has 0 N–H and O–H groups in total. The molecule has 1 aromatic carbocycles. The maximum Gasteiger partial charge on any atom is 0.320 e. The molecule has 3 rings (SSSR count). The van der Waals surface area contributed by atoms with E-state index in [1.807, 2.05) is 21.9 Å². The van der Waals surface area contributed by atoms with Crippen molar-refractivity contribution in [1.82, 2.24) is 9.80 Å². The summed E-state index contributed by atoms with van der Waals surface area (Å²) in [6, 6.07) is 8.34. The predicted molar refractivity (Wildman–Crippen MR) is 85.1 cm³/mol. The van der Waals surface area contributed by atoms with Crippen LogP contribution in [-0.2, 0) is 11.3 Å². The highest BCUT2D eigenvalue weighted by molar-refractivity contribution is 9.10. The minimum absolute atomic E-state index is 0.183. The summed E-state index contributed by atoms with van der Waals surface area (Å²) in [4.78, 5) is 16.1. The van der Waals surface area contributed by atoms with Crippen LogP contribution >= 0.6 is 15.9 Å². The fourth-order valence-electron chi connectivity index (χ4n) is 2.78. The predicted octanol–water partition coefficient (Wildman–Crippen LogP) is 3.26. The van der Waals surface area contributed by atoms with E-state index in [-0.39, 0.29) is 12.1 Å². The Morgan fingerprint density at radius 1 is 1.10 bits per heavy atom. The van der Waals surface area contributed by atoms with Gasteiger partial charge in [0, 0.05) is 17.6 Å². The topological polar surface area (TPSA) is 32.8 Å². The first-order chi connectivity index (χ1) is 10.2. The van der Waals surface area contributed by atoms with Gasteiger partial charge in [0.2, 0.25) is 0 Å². The Morgan fingerprint density at radius 2 is 1.76 bits per heavy atom. The summed E-state index contributed by atoms with van der Waals surface area (Å²) in [5.41, 5.74) is 1.17. The van der Waals surface area contributed by atoms with Crippen molar-refractivity contribution in [3.63, 3.8) is 0 Å². The Hall–Kier alpha value is -1.07. The first kappa shape index (κ1) is 14.9. The molecule has 2 aliphatic rings. The van der Waals surface area contributed by atoms with E-state index >= 15 is 0 Å². The van der Waals surface area contributed by atoms with Crippen molar-refractivity contribution in [3.05, 3.63) is 34.3 Å². The zero-order valence-electron chi connectivity index (χ0n) is 12.1. The number of likely N-dealkylation sites (tertiary alicyclic amines) is 2. The van der Waals surface area contributed by atoms with Crippen molar-refractivity contribution in [1.29, 1.82) is 0 Å². The number of amides is 2. The first-order valence-corrected chi connectivity index (χ1v) is 8.41. The summed E-state index contributed by atoms with van der Waals surface area (Å²) in [5.74, 6) is 0. The Bertz CT molecular complexity index is 480. The lowest BCUT2D eigenvalue weighted by Gasteiger charge is -2.42. The van der Waals surface area contributed by atoms with Crippen LogP contribution in [-0.4, -0.2) is 48.1 Å². The van der Waals surface area contributed by atoms with E-state index in [4.69, 9.17) is 4.74 Å². The molecule has 2 fully saturated rings. The van der Waals surface area contributed by atoms with Gasteiger partial charge in [0.15, 0.2) is 0 Å². The Balaban J connectivity index is 1.39. The Morgan fingerprint density at radius 3 is 2.43 bits per heavy atom. The third kappa shape index (κ3) is 3.77. The van der Waals surface area contributed by atoms with Gasteiger partial charge in [-0.05, 0) is 37.0 Å². The van der Waals surface area contributed by atoms with Gasteiger partial charge in [-0.2, -0.15) is 0 Å². The maximum atomic E-state index is 12.2. The second kappa shape index (κ2) is 6.79. The third-order valence-electron chi connectivity index (χ3n) is 4.14. The van der Waals surface area contributed by atoms with Crippen molar-refractivity contribution in [3.8, 4) is 0 Å². The van der Waals surface area contributed by atoms with Crippen molar-refractivity contribution in [2.75, 3.05) is 26.2 Å². The normalized spacial score (nSPS) is 19.5. The van der Waals surface area contributed by atoms with E-state index in [1.165, 1.54) is 12.0 Å². The highest BCUT2D eigenvalue weighted by Gasteiger charge is 2.34. The van der Waals surface area contributed by atoms with Crippen molar-refractivity contribution >= 4 is 22.0 Å². The highest BCUT2D eigenvalue weighted by Crippen LogP contribution is 2.19. The van der Waals surface area contributed by atoms with Crippen LogP contribution in [0.1, 0.15) is 24.8 Å². The minimum Gasteiger partial charge on any atom is -0.370 e. The van der Waals surface area contributed by atoms with E-state index in [9.17, 15) is 4.79 Å².